The van der Waals surface area contributed by atoms with Crippen LogP contribution in [-0.2, 0) is 4.79 Å². The number of likely N-dealkylation sites (tertiary alicyclic amines) is 1. The van der Waals surface area contributed by atoms with E-state index in [-0.39, 0.29) is 30.3 Å². The molecule has 1 fully saturated rings. The number of amides is 2. The summed E-state index contributed by atoms with van der Waals surface area (Å²) in [6.45, 7) is 1.63. The molecule has 0 spiro atoms. The molecule has 0 aliphatic carbocycles. The van der Waals surface area contributed by atoms with Crippen molar-refractivity contribution in [2.45, 2.75) is 30.2 Å². The lowest BCUT2D eigenvalue weighted by Gasteiger charge is -2.25. The smallest absolute Gasteiger partial charge is 0.254 e. The number of carbonyl (C=O) groups is 2. The van der Waals surface area contributed by atoms with Gasteiger partial charge in [0.15, 0.2) is 0 Å². The molecule has 1 unspecified atom stereocenters. The van der Waals surface area contributed by atoms with Crippen LogP contribution >= 0.6 is 24.2 Å². The SMILES string of the molecule is CNCC1CCCN1C(=O)c1ccc2c(c1)NC(=O)CCS2.Cl. The first-order chi connectivity index (χ1) is 10.7. The van der Waals surface area contributed by atoms with E-state index in [9.17, 15) is 9.59 Å². The van der Waals surface area contributed by atoms with Gasteiger partial charge in [-0.15, -0.1) is 24.2 Å². The van der Waals surface area contributed by atoms with E-state index in [1.54, 1.807) is 11.8 Å². The van der Waals surface area contributed by atoms with Crippen molar-refractivity contribution in [3.8, 4) is 0 Å². The molecule has 3 rings (SSSR count). The molecule has 2 N–H and O–H groups in total. The van der Waals surface area contributed by atoms with Crippen molar-refractivity contribution in [3.05, 3.63) is 23.8 Å². The zero-order chi connectivity index (χ0) is 15.5. The molecule has 1 saturated heterocycles. The van der Waals surface area contributed by atoms with E-state index in [1.807, 2.05) is 30.1 Å². The van der Waals surface area contributed by atoms with Gasteiger partial charge in [-0.3, -0.25) is 9.59 Å². The number of carbonyl (C=O) groups excluding carboxylic acids is 2. The third kappa shape index (κ3) is 4.00. The van der Waals surface area contributed by atoms with Gasteiger partial charge >= 0.3 is 0 Å². The summed E-state index contributed by atoms with van der Waals surface area (Å²) in [5.41, 5.74) is 1.42. The Balaban J connectivity index is 0.00000192. The quantitative estimate of drug-likeness (QED) is 0.873. The van der Waals surface area contributed by atoms with Gasteiger partial charge in [-0.2, -0.15) is 0 Å². The first-order valence-electron chi connectivity index (χ1n) is 7.71. The average Bonchev–Trinajstić information content (AvgIpc) is 2.88. The highest BCUT2D eigenvalue weighted by molar-refractivity contribution is 7.99. The van der Waals surface area contributed by atoms with Crippen LogP contribution in [0, 0.1) is 0 Å². The molecule has 7 heteroatoms. The Morgan fingerprint density at radius 1 is 1.48 bits per heavy atom. The molecule has 2 amide bonds. The van der Waals surface area contributed by atoms with Crippen LogP contribution in [0.25, 0.3) is 0 Å². The van der Waals surface area contributed by atoms with Crippen molar-refractivity contribution in [1.29, 1.82) is 0 Å². The topological polar surface area (TPSA) is 61.4 Å². The second-order valence-corrected chi connectivity index (χ2v) is 6.85. The summed E-state index contributed by atoms with van der Waals surface area (Å²) in [7, 11) is 1.91. The van der Waals surface area contributed by atoms with Gasteiger partial charge in [0.25, 0.3) is 5.91 Å². The van der Waals surface area contributed by atoms with Crippen LogP contribution in [-0.4, -0.2) is 48.6 Å². The van der Waals surface area contributed by atoms with Crippen LogP contribution < -0.4 is 10.6 Å². The number of fused-ring (bicyclic) bond motifs is 1. The van der Waals surface area contributed by atoms with Crippen molar-refractivity contribution in [3.63, 3.8) is 0 Å². The lowest BCUT2D eigenvalue weighted by Crippen LogP contribution is -2.40. The maximum atomic E-state index is 12.8. The minimum absolute atomic E-state index is 0. The molecular formula is C16H22ClN3O2S. The fraction of sp³-hybridized carbons (Fsp3) is 0.500. The van der Waals surface area contributed by atoms with Crippen molar-refractivity contribution in [2.75, 3.05) is 31.2 Å². The molecule has 23 heavy (non-hydrogen) atoms. The van der Waals surface area contributed by atoms with E-state index in [4.69, 9.17) is 0 Å². The summed E-state index contributed by atoms with van der Waals surface area (Å²) in [6, 6.07) is 5.91. The van der Waals surface area contributed by atoms with Gasteiger partial charge in [0, 0.05) is 41.8 Å². The molecule has 1 aromatic carbocycles. The van der Waals surface area contributed by atoms with Crippen molar-refractivity contribution < 1.29 is 9.59 Å². The Kier molecular flexibility index (Phi) is 6.33. The molecule has 0 radical (unpaired) electrons. The fourth-order valence-corrected chi connectivity index (χ4v) is 4.01. The summed E-state index contributed by atoms with van der Waals surface area (Å²) in [6.07, 6.45) is 2.61. The highest BCUT2D eigenvalue weighted by atomic mass is 35.5. The van der Waals surface area contributed by atoms with Crippen LogP contribution in [0.4, 0.5) is 5.69 Å². The molecule has 1 atom stereocenters. The minimum atomic E-state index is 0. The molecule has 2 aliphatic heterocycles. The van der Waals surface area contributed by atoms with E-state index in [0.29, 0.717) is 12.0 Å². The maximum absolute atomic E-state index is 12.8. The number of nitrogens with zero attached hydrogens (tertiary/aromatic N) is 1. The number of likely N-dealkylation sites (N-methyl/N-ethyl adjacent to an activating group) is 1. The third-order valence-electron chi connectivity index (χ3n) is 4.17. The van der Waals surface area contributed by atoms with E-state index in [2.05, 4.69) is 10.6 Å². The molecule has 2 heterocycles. The molecule has 1 aromatic rings. The Bertz CT molecular complexity index is 597. The summed E-state index contributed by atoms with van der Waals surface area (Å²) in [4.78, 5) is 27.4. The maximum Gasteiger partial charge on any atom is 0.254 e. The molecule has 0 bridgehead atoms. The first-order valence-corrected chi connectivity index (χ1v) is 8.70. The second kappa shape index (κ2) is 8.04. The zero-order valence-electron chi connectivity index (χ0n) is 13.1. The van der Waals surface area contributed by atoms with Crippen LogP contribution in [0.2, 0.25) is 0 Å². The Morgan fingerprint density at radius 2 is 2.30 bits per heavy atom. The van der Waals surface area contributed by atoms with Gasteiger partial charge in [0.2, 0.25) is 5.91 Å². The number of benzene rings is 1. The Hall–Kier alpha value is -1.24. The number of thioether (sulfide) groups is 1. The van der Waals surface area contributed by atoms with E-state index < -0.39 is 0 Å². The molecule has 0 saturated carbocycles. The van der Waals surface area contributed by atoms with Crippen LogP contribution in [0.1, 0.15) is 29.6 Å². The molecule has 0 aromatic heterocycles. The second-order valence-electron chi connectivity index (χ2n) is 5.71. The standard InChI is InChI=1S/C16H21N3O2S.ClH/c1-17-10-12-3-2-7-19(12)16(21)11-4-5-14-13(9-11)18-15(20)6-8-22-14;/h4-5,9,12,17H,2-3,6-8,10H2,1H3,(H,18,20);1H. The van der Waals surface area contributed by atoms with Gasteiger partial charge in [0.05, 0.1) is 5.69 Å². The number of halogens is 1. The highest BCUT2D eigenvalue weighted by Crippen LogP contribution is 2.32. The molecule has 5 nitrogen and oxygen atoms in total. The average molecular weight is 356 g/mol. The molecule has 2 aliphatic rings. The number of rotatable bonds is 3. The number of nitrogens with one attached hydrogen (secondary N) is 2. The Labute approximate surface area is 147 Å². The van der Waals surface area contributed by atoms with Gasteiger partial charge in [-0.25, -0.2) is 0 Å². The summed E-state index contributed by atoms with van der Waals surface area (Å²) >= 11 is 1.66. The molecular weight excluding hydrogens is 334 g/mol. The Morgan fingerprint density at radius 3 is 3.09 bits per heavy atom. The number of hydrogen-bond acceptors (Lipinski definition) is 4. The lowest BCUT2D eigenvalue weighted by molar-refractivity contribution is -0.115. The van der Waals surface area contributed by atoms with Crippen molar-refractivity contribution in [2.24, 2.45) is 0 Å². The largest absolute Gasteiger partial charge is 0.334 e. The normalized spacial score (nSPS) is 20.3. The van der Waals surface area contributed by atoms with Gasteiger partial charge in [0.1, 0.15) is 0 Å². The first kappa shape index (κ1) is 18.1. The minimum Gasteiger partial charge on any atom is -0.334 e. The van der Waals surface area contributed by atoms with E-state index in [0.717, 1.165) is 42.3 Å². The van der Waals surface area contributed by atoms with Crippen LogP contribution in [0.15, 0.2) is 23.1 Å². The monoisotopic (exact) mass is 355 g/mol. The summed E-state index contributed by atoms with van der Waals surface area (Å²) < 4.78 is 0. The van der Waals surface area contributed by atoms with Crippen LogP contribution in [0.5, 0.6) is 0 Å². The summed E-state index contributed by atoms with van der Waals surface area (Å²) in [5, 5.41) is 6.06. The lowest BCUT2D eigenvalue weighted by atomic mass is 10.1. The number of hydrogen-bond donors (Lipinski definition) is 2. The van der Waals surface area contributed by atoms with Crippen molar-refractivity contribution >= 4 is 41.7 Å². The predicted octanol–water partition coefficient (Wildman–Crippen LogP) is 2.37. The van der Waals surface area contributed by atoms with Gasteiger partial charge in [-0.1, -0.05) is 0 Å². The predicted molar refractivity (Wildman–Crippen MR) is 95.6 cm³/mol. The van der Waals surface area contributed by atoms with E-state index >= 15 is 0 Å². The highest BCUT2D eigenvalue weighted by Gasteiger charge is 2.29. The van der Waals surface area contributed by atoms with E-state index in [1.165, 1.54) is 0 Å². The zero-order valence-corrected chi connectivity index (χ0v) is 14.8. The van der Waals surface area contributed by atoms with Gasteiger partial charge in [-0.05, 0) is 38.1 Å². The number of anilines is 1. The molecule has 126 valence electrons. The third-order valence-corrected chi connectivity index (χ3v) is 5.24. The summed E-state index contributed by atoms with van der Waals surface area (Å²) in [5.74, 6) is 0.858. The van der Waals surface area contributed by atoms with Gasteiger partial charge < -0.3 is 15.5 Å². The van der Waals surface area contributed by atoms with Crippen molar-refractivity contribution in [1.82, 2.24) is 10.2 Å². The van der Waals surface area contributed by atoms with Crippen LogP contribution in [0.3, 0.4) is 0 Å². The fourth-order valence-electron chi connectivity index (χ4n) is 3.07.